The zero-order valence-corrected chi connectivity index (χ0v) is 17.0. The van der Waals surface area contributed by atoms with Crippen LogP contribution in [-0.2, 0) is 4.79 Å². The number of hydrogen-bond donors (Lipinski definition) is 2. The highest BCUT2D eigenvalue weighted by atomic mass is 19.1. The lowest BCUT2D eigenvalue weighted by atomic mass is 10.1. The van der Waals surface area contributed by atoms with E-state index in [1.165, 1.54) is 24.3 Å². The molecule has 1 atom stereocenters. The highest BCUT2D eigenvalue weighted by Crippen LogP contribution is 2.24. The highest BCUT2D eigenvalue weighted by molar-refractivity contribution is 6.05. The number of ether oxygens (including phenoxy) is 1. The largest absolute Gasteiger partial charge is 0.480 e. The summed E-state index contributed by atoms with van der Waals surface area (Å²) < 4.78 is 18.9. The zero-order chi connectivity index (χ0) is 21.7. The molecule has 0 aliphatic rings. The van der Waals surface area contributed by atoms with Crippen LogP contribution >= 0.6 is 0 Å². The van der Waals surface area contributed by atoms with Crippen LogP contribution in [0.15, 0.2) is 66.7 Å². The second kappa shape index (κ2) is 9.22. The van der Waals surface area contributed by atoms with Crippen LogP contribution in [-0.4, -0.2) is 17.9 Å². The van der Waals surface area contributed by atoms with Crippen molar-refractivity contribution >= 4 is 23.2 Å². The predicted molar refractivity (Wildman–Crippen MR) is 115 cm³/mol. The first-order chi connectivity index (χ1) is 14.3. The molecule has 6 heteroatoms. The van der Waals surface area contributed by atoms with Gasteiger partial charge in [-0.05, 0) is 74.4 Å². The molecule has 0 spiro atoms. The van der Waals surface area contributed by atoms with E-state index in [0.717, 1.165) is 11.1 Å². The topological polar surface area (TPSA) is 67.4 Å². The lowest BCUT2D eigenvalue weighted by molar-refractivity contribution is -0.122. The Morgan fingerprint density at radius 1 is 0.867 bits per heavy atom. The van der Waals surface area contributed by atoms with Crippen LogP contribution in [0.1, 0.15) is 28.4 Å². The van der Waals surface area contributed by atoms with Crippen molar-refractivity contribution in [3.05, 3.63) is 89.2 Å². The van der Waals surface area contributed by atoms with Crippen molar-refractivity contribution in [3.63, 3.8) is 0 Å². The number of hydrogen-bond acceptors (Lipinski definition) is 3. The third-order valence-corrected chi connectivity index (χ3v) is 4.57. The van der Waals surface area contributed by atoms with Crippen LogP contribution < -0.4 is 15.4 Å². The number of rotatable bonds is 6. The Kier molecular flexibility index (Phi) is 6.47. The standard InChI is InChI=1S/C24H23FN2O3/c1-15-6-4-7-16(2)22(15)30-17(3)23(28)27-21-9-5-8-18(14-21)24(29)26-20-12-10-19(25)11-13-20/h4-14,17H,1-3H3,(H,26,29)(H,27,28). The van der Waals surface area contributed by atoms with E-state index in [1.54, 1.807) is 31.2 Å². The first-order valence-corrected chi connectivity index (χ1v) is 9.54. The molecule has 0 saturated carbocycles. The molecule has 154 valence electrons. The monoisotopic (exact) mass is 406 g/mol. The summed E-state index contributed by atoms with van der Waals surface area (Å²) in [5.74, 6) is -0.381. The van der Waals surface area contributed by atoms with Crippen LogP contribution in [0.2, 0.25) is 0 Å². The molecule has 3 aromatic rings. The Morgan fingerprint density at radius 3 is 2.17 bits per heavy atom. The minimum absolute atomic E-state index is 0.325. The van der Waals surface area contributed by atoms with E-state index in [4.69, 9.17) is 4.74 Å². The molecule has 0 saturated heterocycles. The number of anilines is 2. The molecular formula is C24H23FN2O3. The number of halogens is 1. The molecule has 0 radical (unpaired) electrons. The lowest BCUT2D eigenvalue weighted by Gasteiger charge is -2.18. The van der Waals surface area contributed by atoms with E-state index in [9.17, 15) is 14.0 Å². The SMILES string of the molecule is Cc1cccc(C)c1OC(C)C(=O)Nc1cccc(C(=O)Nc2ccc(F)cc2)c1. The van der Waals surface area contributed by atoms with Crippen molar-refractivity contribution in [2.45, 2.75) is 26.9 Å². The van der Waals surface area contributed by atoms with Gasteiger partial charge in [-0.15, -0.1) is 0 Å². The summed E-state index contributed by atoms with van der Waals surface area (Å²) in [4.78, 5) is 25.0. The van der Waals surface area contributed by atoms with Gasteiger partial charge >= 0.3 is 0 Å². The van der Waals surface area contributed by atoms with Crippen LogP contribution in [0.25, 0.3) is 0 Å². The van der Waals surface area contributed by atoms with E-state index in [1.807, 2.05) is 32.0 Å². The average molecular weight is 406 g/mol. The number of aryl methyl sites for hydroxylation is 2. The normalized spacial score (nSPS) is 11.5. The molecule has 0 bridgehead atoms. The zero-order valence-electron chi connectivity index (χ0n) is 17.0. The molecule has 5 nitrogen and oxygen atoms in total. The average Bonchev–Trinajstić information content (AvgIpc) is 2.72. The van der Waals surface area contributed by atoms with E-state index >= 15 is 0 Å². The molecule has 30 heavy (non-hydrogen) atoms. The van der Waals surface area contributed by atoms with Crippen molar-refractivity contribution in [1.29, 1.82) is 0 Å². The Labute approximate surface area is 174 Å². The molecule has 0 heterocycles. The molecule has 3 aromatic carbocycles. The van der Waals surface area contributed by atoms with Gasteiger partial charge in [0.25, 0.3) is 11.8 Å². The van der Waals surface area contributed by atoms with Crippen LogP contribution in [0.5, 0.6) is 5.75 Å². The van der Waals surface area contributed by atoms with Gasteiger partial charge in [0.15, 0.2) is 6.10 Å². The maximum absolute atomic E-state index is 13.0. The number of benzene rings is 3. The van der Waals surface area contributed by atoms with Crippen molar-refractivity contribution in [2.24, 2.45) is 0 Å². The Hall–Kier alpha value is -3.67. The molecule has 0 fully saturated rings. The van der Waals surface area contributed by atoms with Gasteiger partial charge in [0.2, 0.25) is 0 Å². The smallest absolute Gasteiger partial charge is 0.265 e. The maximum Gasteiger partial charge on any atom is 0.265 e. The van der Waals surface area contributed by atoms with Crippen molar-refractivity contribution < 1.29 is 18.7 Å². The van der Waals surface area contributed by atoms with Gasteiger partial charge in [-0.2, -0.15) is 0 Å². The Bertz CT molecular complexity index is 1040. The number of amides is 2. The fourth-order valence-electron chi connectivity index (χ4n) is 2.93. The highest BCUT2D eigenvalue weighted by Gasteiger charge is 2.17. The molecule has 0 aliphatic heterocycles. The van der Waals surface area contributed by atoms with E-state index in [0.29, 0.717) is 22.7 Å². The second-order valence-electron chi connectivity index (χ2n) is 7.01. The predicted octanol–water partition coefficient (Wildman–Crippen LogP) is 5.10. The number of carbonyl (C=O) groups excluding carboxylic acids is 2. The van der Waals surface area contributed by atoms with Crippen LogP contribution in [0, 0.1) is 19.7 Å². The lowest BCUT2D eigenvalue weighted by Crippen LogP contribution is -2.30. The minimum Gasteiger partial charge on any atom is -0.480 e. The summed E-state index contributed by atoms with van der Waals surface area (Å²) in [5.41, 5.74) is 3.22. The molecule has 0 aliphatic carbocycles. The maximum atomic E-state index is 13.0. The number of nitrogens with one attached hydrogen (secondary N) is 2. The molecule has 2 amide bonds. The van der Waals surface area contributed by atoms with E-state index in [2.05, 4.69) is 10.6 Å². The van der Waals surface area contributed by atoms with Crippen LogP contribution in [0.3, 0.4) is 0 Å². The number of carbonyl (C=O) groups is 2. The fraction of sp³-hybridized carbons (Fsp3) is 0.167. The van der Waals surface area contributed by atoms with E-state index in [-0.39, 0.29) is 17.6 Å². The van der Waals surface area contributed by atoms with Gasteiger partial charge in [0.1, 0.15) is 11.6 Å². The van der Waals surface area contributed by atoms with Gasteiger partial charge in [-0.1, -0.05) is 24.3 Å². The van der Waals surface area contributed by atoms with Gasteiger partial charge in [0, 0.05) is 16.9 Å². The fourth-order valence-corrected chi connectivity index (χ4v) is 2.93. The van der Waals surface area contributed by atoms with Crippen molar-refractivity contribution in [1.82, 2.24) is 0 Å². The van der Waals surface area contributed by atoms with Gasteiger partial charge in [-0.3, -0.25) is 9.59 Å². The quantitative estimate of drug-likeness (QED) is 0.598. The van der Waals surface area contributed by atoms with Crippen molar-refractivity contribution in [2.75, 3.05) is 10.6 Å². The summed E-state index contributed by atoms with van der Waals surface area (Å²) in [7, 11) is 0. The summed E-state index contributed by atoms with van der Waals surface area (Å²) in [6.45, 7) is 5.53. The third-order valence-electron chi connectivity index (χ3n) is 4.57. The van der Waals surface area contributed by atoms with Gasteiger partial charge in [0.05, 0.1) is 0 Å². The van der Waals surface area contributed by atoms with Gasteiger partial charge < -0.3 is 15.4 Å². The van der Waals surface area contributed by atoms with Crippen LogP contribution in [0.4, 0.5) is 15.8 Å². The Morgan fingerprint density at radius 2 is 1.50 bits per heavy atom. The Balaban J connectivity index is 1.66. The van der Waals surface area contributed by atoms with Gasteiger partial charge in [-0.25, -0.2) is 4.39 Å². The second-order valence-corrected chi connectivity index (χ2v) is 7.01. The number of para-hydroxylation sites is 1. The molecular weight excluding hydrogens is 383 g/mol. The first kappa shape index (κ1) is 21.0. The molecule has 1 unspecified atom stereocenters. The van der Waals surface area contributed by atoms with E-state index < -0.39 is 6.10 Å². The minimum atomic E-state index is -0.721. The molecule has 0 aromatic heterocycles. The summed E-state index contributed by atoms with van der Waals surface area (Å²) in [6, 6.07) is 17.8. The summed E-state index contributed by atoms with van der Waals surface area (Å²) >= 11 is 0. The third kappa shape index (κ3) is 5.23. The summed E-state index contributed by atoms with van der Waals surface area (Å²) in [5, 5.41) is 5.46. The van der Waals surface area contributed by atoms with Crippen molar-refractivity contribution in [3.8, 4) is 5.75 Å². The first-order valence-electron chi connectivity index (χ1n) is 9.54. The molecule has 3 rings (SSSR count). The molecule has 2 N–H and O–H groups in total. The summed E-state index contributed by atoms with van der Waals surface area (Å²) in [6.07, 6.45) is -0.721.